The normalized spacial score (nSPS) is 12.7. The number of hydrogen-bond acceptors (Lipinski definition) is 2. The number of benzene rings is 1. The fourth-order valence-corrected chi connectivity index (χ4v) is 2.52. The highest BCUT2D eigenvalue weighted by Gasteiger charge is 2.17. The molecule has 1 aromatic carbocycles. The van der Waals surface area contributed by atoms with Crippen LogP contribution in [0, 0.1) is 5.82 Å². The van der Waals surface area contributed by atoms with E-state index in [1.807, 2.05) is 10.8 Å². The van der Waals surface area contributed by atoms with Crippen LogP contribution in [0.2, 0.25) is 0 Å². The Hall–Kier alpha value is -1.20. The largest absolute Gasteiger partial charge is 0.333 e. The van der Waals surface area contributed by atoms with Gasteiger partial charge in [-0.2, -0.15) is 0 Å². The summed E-state index contributed by atoms with van der Waals surface area (Å²) in [4.78, 5) is 4.30. The number of hydrogen-bond donors (Lipinski definition) is 1. The van der Waals surface area contributed by atoms with E-state index in [0.717, 1.165) is 24.4 Å². The Morgan fingerprint density at radius 3 is 2.94 bits per heavy atom. The van der Waals surface area contributed by atoms with Gasteiger partial charge in [0.25, 0.3) is 0 Å². The lowest BCUT2D eigenvalue weighted by molar-refractivity contribution is 0.607. The molecule has 0 spiro atoms. The van der Waals surface area contributed by atoms with Crippen LogP contribution in [0.1, 0.15) is 30.8 Å². The third kappa shape index (κ3) is 2.62. The minimum atomic E-state index is -0.360. The van der Waals surface area contributed by atoms with E-state index < -0.39 is 0 Å². The molecule has 0 fully saturated rings. The van der Waals surface area contributed by atoms with E-state index >= 15 is 0 Å². The van der Waals surface area contributed by atoms with Crippen molar-refractivity contribution in [2.24, 2.45) is 5.73 Å². The number of aryl methyl sites for hydroxylation is 1. The number of rotatable bonds is 4. The Morgan fingerprint density at radius 2 is 2.28 bits per heavy atom. The van der Waals surface area contributed by atoms with Crippen molar-refractivity contribution in [3.05, 3.63) is 52.3 Å². The van der Waals surface area contributed by atoms with Crippen molar-refractivity contribution in [2.75, 3.05) is 0 Å². The van der Waals surface area contributed by atoms with Crippen LogP contribution in [0.25, 0.3) is 0 Å². The Bertz CT molecular complexity index is 539. The number of nitrogens with two attached hydrogens (primary N) is 1. The zero-order valence-electron chi connectivity index (χ0n) is 10.1. The molecule has 3 nitrogen and oxygen atoms in total. The maximum Gasteiger partial charge on any atom is 0.130 e. The molecule has 1 unspecified atom stereocenters. The van der Waals surface area contributed by atoms with Crippen LogP contribution in [0.15, 0.2) is 35.1 Å². The number of aromatic nitrogens is 2. The molecule has 2 rings (SSSR count). The lowest BCUT2D eigenvalue weighted by atomic mass is 10.1. The molecular weight excluding hydrogens is 297 g/mol. The molecule has 0 radical (unpaired) electrons. The lowest BCUT2D eigenvalue weighted by Crippen LogP contribution is -2.18. The van der Waals surface area contributed by atoms with Crippen LogP contribution in [0.3, 0.4) is 0 Å². The molecule has 0 saturated heterocycles. The molecule has 0 amide bonds. The van der Waals surface area contributed by atoms with Gasteiger partial charge in [-0.1, -0.05) is 28.9 Å². The predicted molar refractivity (Wildman–Crippen MR) is 72.6 cm³/mol. The first-order chi connectivity index (χ1) is 8.63. The molecule has 1 atom stereocenters. The second-order valence-electron chi connectivity index (χ2n) is 4.12. The Kier molecular flexibility index (Phi) is 4.14. The number of imidazole rings is 1. The highest BCUT2D eigenvalue weighted by atomic mass is 79.9. The van der Waals surface area contributed by atoms with E-state index in [4.69, 9.17) is 5.73 Å². The van der Waals surface area contributed by atoms with Crippen LogP contribution >= 0.6 is 15.9 Å². The van der Waals surface area contributed by atoms with Gasteiger partial charge in [-0.05, 0) is 24.1 Å². The third-order valence-corrected chi connectivity index (χ3v) is 3.47. The molecular formula is C13H15BrFN3. The summed E-state index contributed by atoms with van der Waals surface area (Å²) in [6.45, 7) is 2.98. The summed E-state index contributed by atoms with van der Waals surface area (Å²) in [7, 11) is 0. The quantitative estimate of drug-likeness (QED) is 0.942. The van der Waals surface area contributed by atoms with Gasteiger partial charge in [0, 0.05) is 23.4 Å². The van der Waals surface area contributed by atoms with Crippen molar-refractivity contribution in [2.45, 2.75) is 25.9 Å². The summed E-state index contributed by atoms with van der Waals surface area (Å²) in [5.41, 5.74) is 7.04. The van der Waals surface area contributed by atoms with Crippen LogP contribution in [0.5, 0.6) is 0 Å². The van der Waals surface area contributed by atoms with Crippen LogP contribution in [-0.4, -0.2) is 9.55 Å². The molecule has 96 valence electrons. The number of nitrogens with zero attached hydrogens (tertiary/aromatic N) is 2. The first-order valence-corrected chi connectivity index (χ1v) is 6.64. The van der Waals surface area contributed by atoms with Crippen molar-refractivity contribution in [1.29, 1.82) is 0 Å². The zero-order valence-corrected chi connectivity index (χ0v) is 11.7. The van der Waals surface area contributed by atoms with E-state index in [1.165, 1.54) is 12.1 Å². The minimum Gasteiger partial charge on any atom is -0.333 e. The zero-order chi connectivity index (χ0) is 13.1. The first kappa shape index (κ1) is 13.2. The minimum absolute atomic E-state index is 0.283. The molecule has 1 aromatic heterocycles. The van der Waals surface area contributed by atoms with E-state index in [9.17, 15) is 4.39 Å². The molecule has 0 aliphatic heterocycles. The van der Waals surface area contributed by atoms with Gasteiger partial charge in [0.2, 0.25) is 0 Å². The fraction of sp³-hybridized carbons (Fsp3) is 0.308. The Morgan fingerprint density at radius 1 is 1.50 bits per heavy atom. The van der Waals surface area contributed by atoms with E-state index in [2.05, 4.69) is 27.8 Å². The molecule has 18 heavy (non-hydrogen) atoms. The van der Waals surface area contributed by atoms with Gasteiger partial charge >= 0.3 is 0 Å². The highest BCUT2D eigenvalue weighted by molar-refractivity contribution is 9.10. The highest BCUT2D eigenvalue weighted by Crippen LogP contribution is 2.26. The smallest absolute Gasteiger partial charge is 0.130 e. The van der Waals surface area contributed by atoms with Crippen molar-refractivity contribution in [3.63, 3.8) is 0 Å². The topological polar surface area (TPSA) is 43.8 Å². The molecule has 1 heterocycles. The second-order valence-corrected chi connectivity index (χ2v) is 4.98. The molecule has 0 aliphatic rings. The van der Waals surface area contributed by atoms with Crippen molar-refractivity contribution in [1.82, 2.24) is 9.55 Å². The third-order valence-electron chi connectivity index (χ3n) is 2.79. The van der Waals surface area contributed by atoms with Gasteiger partial charge in [0.05, 0.1) is 6.04 Å². The van der Waals surface area contributed by atoms with Gasteiger partial charge in [-0.15, -0.1) is 0 Å². The molecule has 5 heteroatoms. The van der Waals surface area contributed by atoms with Crippen molar-refractivity contribution < 1.29 is 4.39 Å². The Labute approximate surface area is 114 Å². The molecule has 2 aromatic rings. The van der Waals surface area contributed by atoms with Crippen molar-refractivity contribution >= 4 is 15.9 Å². The van der Waals surface area contributed by atoms with Crippen LogP contribution < -0.4 is 5.73 Å². The summed E-state index contributed by atoms with van der Waals surface area (Å²) < 4.78 is 15.8. The Balaban J connectivity index is 2.35. The maximum atomic E-state index is 13.1. The standard InChI is InChI=1S/C13H15BrFN3/c1-2-6-18-7-5-17-13(18)12(16)10-4-3-9(15)8-11(10)14/h3-5,7-8,12H,2,6,16H2,1H3. The van der Waals surface area contributed by atoms with Crippen molar-refractivity contribution in [3.8, 4) is 0 Å². The van der Waals surface area contributed by atoms with E-state index in [1.54, 1.807) is 12.3 Å². The lowest BCUT2D eigenvalue weighted by Gasteiger charge is -2.15. The average Bonchev–Trinajstić information content (AvgIpc) is 2.77. The van der Waals surface area contributed by atoms with Gasteiger partial charge in [-0.25, -0.2) is 9.37 Å². The van der Waals surface area contributed by atoms with Gasteiger partial charge in [0.15, 0.2) is 0 Å². The summed E-state index contributed by atoms with van der Waals surface area (Å²) in [5, 5.41) is 0. The van der Waals surface area contributed by atoms with Gasteiger partial charge in [-0.3, -0.25) is 0 Å². The molecule has 2 N–H and O–H groups in total. The summed E-state index contributed by atoms with van der Waals surface area (Å²) >= 11 is 3.34. The predicted octanol–water partition coefficient (Wildman–Crippen LogP) is 3.24. The number of halogens is 2. The van der Waals surface area contributed by atoms with Crippen LogP contribution in [0.4, 0.5) is 4.39 Å². The molecule has 0 saturated carbocycles. The average molecular weight is 312 g/mol. The summed E-state index contributed by atoms with van der Waals surface area (Å²) in [6, 6.07) is 4.16. The van der Waals surface area contributed by atoms with Crippen LogP contribution in [-0.2, 0) is 6.54 Å². The second kappa shape index (κ2) is 5.63. The monoisotopic (exact) mass is 311 g/mol. The first-order valence-electron chi connectivity index (χ1n) is 5.85. The van der Waals surface area contributed by atoms with E-state index in [0.29, 0.717) is 4.47 Å². The molecule has 0 aliphatic carbocycles. The summed E-state index contributed by atoms with van der Waals surface area (Å²) in [5.74, 6) is 0.513. The maximum absolute atomic E-state index is 13.1. The van der Waals surface area contributed by atoms with Gasteiger partial charge in [0.1, 0.15) is 11.6 Å². The fourth-order valence-electron chi connectivity index (χ4n) is 1.92. The van der Waals surface area contributed by atoms with E-state index in [-0.39, 0.29) is 11.9 Å². The SMILES string of the molecule is CCCn1ccnc1C(N)c1ccc(F)cc1Br. The molecule has 0 bridgehead atoms. The summed E-state index contributed by atoms with van der Waals surface area (Å²) in [6.07, 6.45) is 4.67. The van der Waals surface area contributed by atoms with Gasteiger partial charge < -0.3 is 10.3 Å².